The SMILES string of the molecule is CC.CC1=C(N2CCOCC2)C=CCC1. The van der Waals surface area contributed by atoms with E-state index in [-0.39, 0.29) is 0 Å². The summed E-state index contributed by atoms with van der Waals surface area (Å²) in [4.78, 5) is 2.44. The van der Waals surface area contributed by atoms with E-state index >= 15 is 0 Å². The molecule has 2 rings (SSSR count). The Morgan fingerprint density at radius 3 is 2.47 bits per heavy atom. The molecule has 0 saturated carbocycles. The van der Waals surface area contributed by atoms with Gasteiger partial charge in [0.15, 0.2) is 0 Å². The molecule has 1 aliphatic heterocycles. The Kier molecular flexibility index (Phi) is 5.48. The number of rotatable bonds is 1. The summed E-state index contributed by atoms with van der Waals surface area (Å²) in [6.45, 7) is 10.1. The quantitative estimate of drug-likeness (QED) is 0.658. The smallest absolute Gasteiger partial charge is 0.0642 e. The van der Waals surface area contributed by atoms with Crippen LogP contribution in [-0.2, 0) is 4.74 Å². The molecule has 0 aromatic heterocycles. The Morgan fingerprint density at radius 1 is 1.20 bits per heavy atom. The van der Waals surface area contributed by atoms with E-state index in [1.165, 1.54) is 24.1 Å². The zero-order chi connectivity index (χ0) is 11.1. The highest BCUT2D eigenvalue weighted by Crippen LogP contribution is 2.22. The fraction of sp³-hybridized carbons (Fsp3) is 0.692. The van der Waals surface area contributed by atoms with Crippen LogP contribution in [0.1, 0.15) is 33.6 Å². The summed E-state index contributed by atoms with van der Waals surface area (Å²) in [5, 5.41) is 0. The lowest BCUT2D eigenvalue weighted by Crippen LogP contribution is -2.35. The molecule has 0 amide bonds. The topological polar surface area (TPSA) is 12.5 Å². The van der Waals surface area contributed by atoms with E-state index in [1.807, 2.05) is 13.8 Å². The van der Waals surface area contributed by atoms with Crippen molar-refractivity contribution in [1.82, 2.24) is 4.90 Å². The maximum Gasteiger partial charge on any atom is 0.0642 e. The van der Waals surface area contributed by atoms with Crippen molar-refractivity contribution in [1.29, 1.82) is 0 Å². The van der Waals surface area contributed by atoms with Crippen LogP contribution >= 0.6 is 0 Å². The van der Waals surface area contributed by atoms with E-state index in [2.05, 4.69) is 24.0 Å². The van der Waals surface area contributed by atoms with Crippen molar-refractivity contribution in [2.45, 2.75) is 33.6 Å². The monoisotopic (exact) mass is 209 g/mol. The Labute approximate surface area is 93.6 Å². The molecule has 0 radical (unpaired) electrons. The highest BCUT2D eigenvalue weighted by molar-refractivity contribution is 5.27. The van der Waals surface area contributed by atoms with Gasteiger partial charge in [0.2, 0.25) is 0 Å². The first-order valence-electron chi connectivity index (χ1n) is 6.07. The molecule has 0 unspecified atom stereocenters. The van der Waals surface area contributed by atoms with Crippen molar-refractivity contribution in [3.05, 3.63) is 23.4 Å². The Morgan fingerprint density at radius 2 is 1.87 bits per heavy atom. The normalized spacial score (nSPS) is 21.1. The van der Waals surface area contributed by atoms with Gasteiger partial charge in [-0.2, -0.15) is 0 Å². The molecule has 0 aromatic carbocycles. The van der Waals surface area contributed by atoms with Gasteiger partial charge in [-0.25, -0.2) is 0 Å². The van der Waals surface area contributed by atoms with Crippen molar-refractivity contribution < 1.29 is 4.74 Å². The average molecular weight is 209 g/mol. The third-order valence-electron chi connectivity index (χ3n) is 2.75. The van der Waals surface area contributed by atoms with E-state index in [9.17, 15) is 0 Å². The fourth-order valence-corrected chi connectivity index (χ4v) is 1.94. The fourth-order valence-electron chi connectivity index (χ4n) is 1.94. The molecule has 0 N–H and O–H groups in total. The minimum Gasteiger partial charge on any atom is -0.378 e. The van der Waals surface area contributed by atoms with Gasteiger partial charge in [0.05, 0.1) is 13.2 Å². The second-order valence-corrected chi connectivity index (χ2v) is 3.71. The zero-order valence-electron chi connectivity index (χ0n) is 10.3. The van der Waals surface area contributed by atoms with Crippen molar-refractivity contribution in [3.63, 3.8) is 0 Å². The number of hydrogen-bond acceptors (Lipinski definition) is 2. The van der Waals surface area contributed by atoms with E-state index < -0.39 is 0 Å². The standard InChI is InChI=1S/C11H17NO.C2H6/c1-10-4-2-3-5-11(10)12-6-8-13-9-7-12;1-2/h3,5H,2,4,6-9H2,1H3;1-2H3. The number of morpholine rings is 1. The van der Waals surface area contributed by atoms with Gasteiger partial charge in [-0.3, -0.25) is 0 Å². The van der Waals surface area contributed by atoms with Gasteiger partial charge < -0.3 is 9.64 Å². The maximum atomic E-state index is 5.34. The third-order valence-corrected chi connectivity index (χ3v) is 2.75. The third kappa shape index (κ3) is 3.38. The largest absolute Gasteiger partial charge is 0.378 e. The van der Waals surface area contributed by atoms with E-state index in [4.69, 9.17) is 4.74 Å². The molecule has 0 aromatic rings. The van der Waals surface area contributed by atoms with Crippen LogP contribution in [0.15, 0.2) is 23.4 Å². The second kappa shape index (κ2) is 6.67. The van der Waals surface area contributed by atoms with Crippen LogP contribution in [-0.4, -0.2) is 31.2 Å². The highest BCUT2D eigenvalue weighted by Gasteiger charge is 2.14. The first-order chi connectivity index (χ1) is 7.38. The van der Waals surface area contributed by atoms with Crippen LogP contribution in [0.3, 0.4) is 0 Å². The molecule has 2 heteroatoms. The Hall–Kier alpha value is -0.760. The number of ether oxygens (including phenoxy) is 1. The van der Waals surface area contributed by atoms with Gasteiger partial charge >= 0.3 is 0 Å². The lowest BCUT2D eigenvalue weighted by molar-refractivity contribution is 0.0547. The van der Waals surface area contributed by atoms with Crippen LogP contribution in [0.25, 0.3) is 0 Å². The summed E-state index contributed by atoms with van der Waals surface area (Å²) in [5.74, 6) is 0. The van der Waals surface area contributed by atoms with Gasteiger partial charge in [0.25, 0.3) is 0 Å². The molecule has 0 bridgehead atoms. The van der Waals surface area contributed by atoms with Gasteiger partial charge in [0.1, 0.15) is 0 Å². The molecular formula is C13H23NO. The van der Waals surface area contributed by atoms with Crippen LogP contribution in [0.2, 0.25) is 0 Å². The Bertz CT molecular complexity index is 237. The molecule has 2 aliphatic rings. The highest BCUT2D eigenvalue weighted by atomic mass is 16.5. The van der Waals surface area contributed by atoms with Crippen molar-refractivity contribution in [2.24, 2.45) is 0 Å². The molecule has 86 valence electrons. The summed E-state index contributed by atoms with van der Waals surface area (Å²) < 4.78 is 5.34. The van der Waals surface area contributed by atoms with Crippen LogP contribution in [0.4, 0.5) is 0 Å². The number of allylic oxidation sites excluding steroid dienone is 3. The molecule has 1 heterocycles. The molecule has 2 nitrogen and oxygen atoms in total. The number of nitrogens with zero attached hydrogens (tertiary/aromatic N) is 1. The van der Waals surface area contributed by atoms with Gasteiger partial charge in [-0.1, -0.05) is 19.9 Å². The molecule has 0 atom stereocenters. The summed E-state index contributed by atoms with van der Waals surface area (Å²) >= 11 is 0. The first kappa shape index (κ1) is 12.3. The van der Waals surface area contributed by atoms with Gasteiger partial charge in [-0.15, -0.1) is 0 Å². The van der Waals surface area contributed by atoms with Gasteiger partial charge in [0, 0.05) is 18.8 Å². The van der Waals surface area contributed by atoms with Gasteiger partial charge in [-0.05, 0) is 31.4 Å². The molecule has 1 aliphatic carbocycles. The zero-order valence-corrected chi connectivity index (χ0v) is 10.3. The van der Waals surface area contributed by atoms with Crippen LogP contribution in [0, 0.1) is 0 Å². The predicted octanol–water partition coefficient (Wildman–Crippen LogP) is 2.97. The lowest BCUT2D eigenvalue weighted by Gasteiger charge is -2.32. The van der Waals surface area contributed by atoms with Crippen molar-refractivity contribution in [2.75, 3.05) is 26.3 Å². The van der Waals surface area contributed by atoms with E-state index in [0.29, 0.717) is 0 Å². The molecule has 1 fully saturated rings. The molecule has 0 spiro atoms. The minimum atomic E-state index is 0.880. The van der Waals surface area contributed by atoms with Crippen molar-refractivity contribution >= 4 is 0 Å². The summed E-state index contributed by atoms with van der Waals surface area (Å²) in [6, 6.07) is 0. The van der Waals surface area contributed by atoms with E-state index in [1.54, 1.807) is 0 Å². The van der Waals surface area contributed by atoms with Crippen molar-refractivity contribution in [3.8, 4) is 0 Å². The summed E-state index contributed by atoms with van der Waals surface area (Å²) in [7, 11) is 0. The summed E-state index contributed by atoms with van der Waals surface area (Å²) in [5.41, 5.74) is 2.97. The van der Waals surface area contributed by atoms with E-state index in [0.717, 1.165) is 26.3 Å². The Balaban J connectivity index is 0.000000531. The molecule has 15 heavy (non-hydrogen) atoms. The van der Waals surface area contributed by atoms with Crippen LogP contribution < -0.4 is 0 Å². The minimum absolute atomic E-state index is 0.880. The average Bonchev–Trinajstić information content (AvgIpc) is 2.33. The number of hydrogen-bond donors (Lipinski definition) is 0. The lowest BCUT2D eigenvalue weighted by atomic mass is 10.0. The van der Waals surface area contributed by atoms with Crippen LogP contribution in [0.5, 0.6) is 0 Å². The first-order valence-corrected chi connectivity index (χ1v) is 6.07. The maximum absolute atomic E-state index is 5.34. The predicted molar refractivity (Wildman–Crippen MR) is 64.8 cm³/mol. The summed E-state index contributed by atoms with van der Waals surface area (Å²) in [6.07, 6.45) is 6.98. The second-order valence-electron chi connectivity index (χ2n) is 3.71. The molecular weight excluding hydrogens is 186 g/mol. The molecule has 1 saturated heterocycles.